The molecule has 1 aliphatic rings. The molecule has 2 rings (SSSR count). The summed E-state index contributed by atoms with van der Waals surface area (Å²) in [6.07, 6.45) is 0. The Morgan fingerprint density at radius 3 is 3.00 bits per heavy atom. The molecule has 94 valence electrons. The Balaban J connectivity index is 1.77. The summed E-state index contributed by atoms with van der Waals surface area (Å²) in [5.41, 5.74) is 0.619. The quantitative estimate of drug-likeness (QED) is 0.638. The van der Waals surface area contributed by atoms with Crippen LogP contribution in [-0.2, 0) is 4.74 Å². The van der Waals surface area contributed by atoms with Gasteiger partial charge in [0.15, 0.2) is 0 Å². The molecule has 0 atom stereocenters. The van der Waals surface area contributed by atoms with Crippen LogP contribution in [0.15, 0.2) is 11.4 Å². The number of hydrogen-bond acceptors (Lipinski definition) is 6. The summed E-state index contributed by atoms with van der Waals surface area (Å²) in [4.78, 5) is 12.6. The zero-order chi connectivity index (χ0) is 12.1. The van der Waals surface area contributed by atoms with Crippen LogP contribution in [0, 0.1) is 10.1 Å². The van der Waals surface area contributed by atoms with E-state index in [1.165, 1.54) is 0 Å². The van der Waals surface area contributed by atoms with Crippen LogP contribution in [0.1, 0.15) is 0 Å². The molecule has 0 saturated carbocycles. The first-order valence-electron chi connectivity index (χ1n) is 5.53. The van der Waals surface area contributed by atoms with Crippen molar-refractivity contribution in [2.24, 2.45) is 0 Å². The largest absolute Gasteiger partial charge is 0.379 e. The van der Waals surface area contributed by atoms with Crippen LogP contribution >= 0.6 is 11.3 Å². The number of ether oxygens (including phenoxy) is 1. The minimum absolute atomic E-state index is 0.187. The number of hydrogen-bond donors (Lipinski definition) is 1. The van der Waals surface area contributed by atoms with Crippen LogP contribution in [0.4, 0.5) is 10.7 Å². The fraction of sp³-hybridized carbons (Fsp3) is 0.600. The SMILES string of the molecule is O=[N+]([O-])c1sccc1NCCN1CCOCC1. The topological polar surface area (TPSA) is 67.6 Å². The molecule has 1 aromatic rings. The number of nitrogens with one attached hydrogen (secondary N) is 1. The first-order chi connectivity index (χ1) is 8.27. The van der Waals surface area contributed by atoms with Gasteiger partial charge in [-0.1, -0.05) is 11.3 Å². The molecule has 0 spiro atoms. The minimum atomic E-state index is -0.346. The van der Waals surface area contributed by atoms with Crippen molar-refractivity contribution >= 4 is 22.0 Å². The summed E-state index contributed by atoms with van der Waals surface area (Å²) >= 11 is 1.15. The maximum atomic E-state index is 10.7. The van der Waals surface area contributed by atoms with Crippen molar-refractivity contribution in [2.45, 2.75) is 0 Å². The molecule has 2 heterocycles. The van der Waals surface area contributed by atoms with Gasteiger partial charge in [0.25, 0.3) is 0 Å². The van der Waals surface area contributed by atoms with E-state index in [1.807, 2.05) is 0 Å². The van der Waals surface area contributed by atoms with Gasteiger partial charge in [0, 0.05) is 26.2 Å². The molecule has 0 amide bonds. The van der Waals surface area contributed by atoms with E-state index in [4.69, 9.17) is 4.74 Å². The Morgan fingerprint density at radius 1 is 1.53 bits per heavy atom. The van der Waals surface area contributed by atoms with Gasteiger partial charge >= 0.3 is 5.00 Å². The monoisotopic (exact) mass is 257 g/mol. The van der Waals surface area contributed by atoms with E-state index in [0.717, 1.165) is 50.7 Å². The first kappa shape index (κ1) is 12.3. The maximum absolute atomic E-state index is 10.7. The highest BCUT2D eigenvalue weighted by Crippen LogP contribution is 2.30. The predicted octanol–water partition coefficient (Wildman–Crippen LogP) is 1.40. The van der Waals surface area contributed by atoms with Crippen LogP contribution in [0.25, 0.3) is 0 Å². The zero-order valence-corrected chi connectivity index (χ0v) is 10.2. The number of thiophene rings is 1. The highest BCUT2D eigenvalue weighted by atomic mass is 32.1. The molecule has 1 aliphatic heterocycles. The van der Waals surface area contributed by atoms with Gasteiger partial charge in [-0.15, -0.1) is 0 Å². The van der Waals surface area contributed by atoms with Crippen molar-refractivity contribution in [3.63, 3.8) is 0 Å². The second-order valence-electron chi connectivity index (χ2n) is 3.78. The van der Waals surface area contributed by atoms with Gasteiger partial charge in [-0.05, 0) is 11.4 Å². The smallest absolute Gasteiger partial charge is 0.347 e. The van der Waals surface area contributed by atoms with Gasteiger partial charge in [0.1, 0.15) is 5.69 Å². The van der Waals surface area contributed by atoms with Gasteiger partial charge in [0.2, 0.25) is 0 Å². The Kier molecular flexibility index (Phi) is 4.29. The maximum Gasteiger partial charge on any atom is 0.347 e. The molecule has 1 saturated heterocycles. The van der Waals surface area contributed by atoms with Crippen LogP contribution in [0.5, 0.6) is 0 Å². The molecule has 1 aromatic heterocycles. The summed E-state index contributed by atoms with van der Waals surface area (Å²) in [7, 11) is 0. The summed E-state index contributed by atoms with van der Waals surface area (Å²) in [6.45, 7) is 5.03. The first-order valence-corrected chi connectivity index (χ1v) is 6.41. The molecule has 0 aliphatic carbocycles. The van der Waals surface area contributed by atoms with Crippen molar-refractivity contribution in [3.05, 3.63) is 21.6 Å². The van der Waals surface area contributed by atoms with Crippen LogP contribution in [0.3, 0.4) is 0 Å². The number of nitro groups is 1. The average Bonchev–Trinajstić information content (AvgIpc) is 2.79. The van der Waals surface area contributed by atoms with E-state index in [9.17, 15) is 10.1 Å². The Morgan fingerprint density at radius 2 is 2.29 bits per heavy atom. The predicted molar refractivity (Wildman–Crippen MR) is 66.7 cm³/mol. The summed E-state index contributed by atoms with van der Waals surface area (Å²) in [6, 6.07) is 1.75. The molecule has 0 aromatic carbocycles. The lowest BCUT2D eigenvalue weighted by molar-refractivity contribution is -0.379. The van der Waals surface area contributed by atoms with Gasteiger partial charge in [-0.3, -0.25) is 15.0 Å². The van der Waals surface area contributed by atoms with Gasteiger partial charge in [0.05, 0.1) is 18.1 Å². The van der Waals surface area contributed by atoms with Crippen molar-refractivity contribution in [1.29, 1.82) is 0 Å². The molecular formula is C10H15N3O3S. The van der Waals surface area contributed by atoms with Gasteiger partial charge < -0.3 is 10.1 Å². The second-order valence-corrected chi connectivity index (χ2v) is 4.67. The normalized spacial score (nSPS) is 16.9. The van der Waals surface area contributed by atoms with E-state index < -0.39 is 0 Å². The van der Waals surface area contributed by atoms with E-state index in [-0.39, 0.29) is 9.92 Å². The highest BCUT2D eigenvalue weighted by molar-refractivity contribution is 7.14. The van der Waals surface area contributed by atoms with E-state index in [2.05, 4.69) is 10.2 Å². The standard InChI is InChI=1S/C10H15N3O3S/c14-13(15)10-9(1-8-17-10)11-2-3-12-4-6-16-7-5-12/h1,8,11H,2-7H2. The van der Waals surface area contributed by atoms with E-state index in [0.29, 0.717) is 5.69 Å². The Labute approximate surface area is 103 Å². The van der Waals surface area contributed by atoms with Gasteiger partial charge in [-0.25, -0.2) is 0 Å². The zero-order valence-electron chi connectivity index (χ0n) is 9.42. The lowest BCUT2D eigenvalue weighted by Crippen LogP contribution is -2.39. The van der Waals surface area contributed by atoms with Crippen molar-refractivity contribution < 1.29 is 9.66 Å². The van der Waals surface area contributed by atoms with Crippen LogP contribution in [0.2, 0.25) is 0 Å². The Hall–Kier alpha value is -1.18. The summed E-state index contributed by atoms with van der Waals surface area (Å²) in [5.74, 6) is 0. The number of morpholine rings is 1. The van der Waals surface area contributed by atoms with Crippen LogP contribution < -0.4 is 5.32 Å². The van der Waals surface area contributed by atoms with Gasteiger partial charge in [-0.2, -0.15) is 0 Å². The van der Waals surface area contributed by atoms with Crippen LogP contribution in [-0.4, -0.2) is 49.2 Å². The molecular weight excluding hydrogens is 242 g/mol. The molecule has 0 radical (unpaired) electrons. The fourth-order valence-corrected chi connectivity index (χ4v) is 2.44. The number of rotatable bonds is 5. The average molecular weight is 257 g/mol. The Bertz CT molecular complexity index is 377. The van der Waals surface area contributed by atoms with E-state index in [1.54, 1.807) is 11.4 Å². The number of nitrogens with zero attached hydrogens (tertiary/aromatic N) is 2. The third-order valence-electron chi connectivity index (χ3n) is 2.66. The molecule has 1 fully saturated rings. The fourth-order valence-electron chi connectivity index (χ4n) is 1.75. The molecule has 17 heavy (non-hydrogen) atoms. The molecule has 1 N–H and O–H groups in total. The van der Waals surface area contributed by atoms with E-state index >= 15 is 0 Å². The summed E-state index contributed by atoms with van der Waals surface area (Å²) in [5, 5.41) is 15.7. The molecule has 7 heteroatoms. The lowest BCUT2D eigenvalue weighted by atomic mass is 10.4. The third-order valence-corrected chi connectivity index (χ3v) is 3.52. The van der Waals surface area contributed by atoms with Crippen molar-refractivity contribution in [1.82, 2.24) is 4.90 Å². The third kappa shape index (κ3) is 3.39. The molecule has 0 unspecified atom stereocenters. The lowest BCUT2D eigenvalue weighted by Gasteiger charge is -2.26. The highest BCUT2D eigenvalue weighted by Gasteiger charge is 2.15. The van der Waals surface area contributed by atoms with Crippen molar-refractivity contribution in [3.8, 4) is 0 Å². The molecule has 6 nitrogen and oxygen atoms in total. The summed E-state index contributed by atoms with van der Waals surface area (Å²) < 4.78 is 5.25. The second kappa shape index (κ2) is 5.95. The minimum Gasteiger partial charge on any atom is -0.379 e. The van der Waals surface area contributed by atoms with Crippen molar-refractivity contribution in [2.75, 3.05) is 44.7 Å². The molecule has 0 bridgehead atoms. The number of anilines is 1.